The first kappa shape index (κ1) is 8.56. The van der Waals surface area contributed by atoms with Crippen molar-refractivity contribution < 1.29 is 0 Å². The Morgan fingerprint density at radius 3 is 2.93 bits per heavy atom. The molecule has 0 saturated carbocycles. The summed E-state index contributed by atoms with van der Waals surface area (Å²) >= 11 is 1.68. The van der Waals surface area contributed by atoms with Gasteiger partial charge in [-0.3, -0.25) is 0 Å². The van der Waals surface area contributed by atoms with Gasteiger partial charge < -0.3 is 0 Å². The third kappa shape index (κ3) is 1.51. The van der Waals surface area contributed by atoms with Crippen molar-refractivity contribution in [2.45, 2.75) is 0 Å². The lowest BCUT2D eigenvalue weighted by atomic mass is 10.2. The zero-order valence-electron chi connectivity index (χ0n) is 7.92. The van der Waals surface area contributed by atoms with E-state index in [1.165, 1.54) is 0 Å². The zero-order chi connectivity index (χ0) is 10.1. The second-order valence-corrected chi connectivity index (χ2v) is 4.04. The standard InChI is InChI=1S/C12H8N2S/c1-2-9-3-4-11(10-5-7-15-8-10)14-12(9)13-6-1/h1-8H. The lowest BCUT2D eigenvalue weighted by Gasteiger charge is -1.99. The van der Waals surface area contributed by atoms with E-state index in [1.807, 2.05) is 18.2 Å². The summed E-state index contributed by atoms with van der Waals surface area (Å²) in [4.78, 5) is 8.76. The highest BCUT2D eigenvalue weighted by Gasteiger charge is 2.01. The fraction of sp³-hybridized carbons (Fsp3) is 0. The number of fused-ring (bicyclic) bond motifs is 1. The summed E-state index contributed by atoms with van der Waals surface area (Å²) < 4.78 is 0. The highest BCUT2D eigenvalue weighted by Crippen LogP contribution is 2.21. The molecule has 3 rings (SSSR count). The normalized spacial score (nSPS) is 10.7. The highest BCUT2D eigenvalue weighted by atomic mass is 32.1. The first-order valence-corrected chi connectivity index (χ1v) is 5.62. The van der Waals surface area contributed by atoms with E-state index in [-0.39, 0.29) is 0 Å². The molecule has 15 heavy (non-hydrogen) atoms. The van der Waals surface area contributed by atoms with Gasteiger partial charge in [-0.2, -0.15) is 11.3 Å². The monoisotopic (exact) mass is 212 g/mol. The molecule has 0 aliphatic heterocycles. The maximum absolute atomic E-state index is 4.51. The molecule has 0 atom stereocenters. The van der Waals surface area contributed by atoms with Crippen LogP contribution in [0.4, 0.5) is 0 Å². The maximum Gasteiger partial charge on any atom is 0.159 e. The number of hydrogen-bond acceptors (Lipinski definition) is 3. The van der Waals surface area contributed by atoms with E-state index in [2.05, 4.69) is 32.9 Å². The average molecular weight is 212 g/mol. The number of hydrogen-bond donors (Lipinski definition) is 0. The van der Waals surface area contributed by atoms with Gasteiger partial charge in [0.1, 0.15) is 0 Å². The molecular formula is C12H8N2S. The molecular weight excluding hydrogens is 204 g/mol. The van der Waals surface area contributed by atoms with Gasteiger partial charge in [0.25, 0.3) is 0 Å². The van der Waals surface area contributed by atoms with Crippen molar-refractivity contribution in [2.24, 2.45) is 0 Å². The molecule has 3 heterocycles. The summed E-state index contributed by atoms with van der Waals surface area (Å²) in [5.74, 6) is 0. The number of thiophene rings is 1. The number of pyridine rings is 2. The molecule has 0 aromatic carbocycles. The van der Waals surface area contributed by atoms with Gasteiger partial charge in [-0.05, 0) is 35.7 Å². The van der Waals surface area contributed by atoms with Gasteiger partial charge in [0.05, 0.1) is 5.69 Å². The summed E-state index contributed by atoms with van der Waals surface area (Å²) in [5, 5.41) is 5.23. The minimum Gasteiger partial charge on any atom is -0.237 e. The molecule has 3 heteroatoms. The third-order valence-electron chi connectivity index (χ3n) is 2.28. The van der Waals surface area contributed by atoms with Crippen LogP contribution < -0.4 is 0 Å². The van der Waals surface area contributed by atoms with E-state index in [0.717, 1.165) is 22.3 Å². The van der Waals surface area contributed by atoms with Crippen molar-refractivity contribution in [3.05, 3.63) is 47.3 Å². The number of nitrogens with zero attached hydrogens (tertiary/aromatic N) is 2. The van der Waals surface area contributed by atoms with Crippen LogP contribution >= 0.6 is 11.3 Å². The molecule has 0 aliphatic rings. The van der Waals surface area contributed by atoms with E-state index in [0.29, 0.717) is 0 Å². The van der Waals surface area contributed by atoms with E-state index in [4.69, 9.17) is 0 Å². The molecule has 2 nitrogen and oxygen atoms in total. The number of aromatic nitrogens is 2. The summed E-state index contributed by atoms with van der Waals surface area (Å²) in [5.41, 5.74) is 2.95. The fourth-order valence-corrected chi connectivity index (χ4v) is 2.17. The lowest BCUT2D eigenvalue weighted by Crippen LogP contribution is -1.85. The predicted octanol–water partition coefficient (Wildman–Crippen LogP) is 3.36. The Morgan fingerprint density at radius 1 is 1.07 bits per heavy atom. The van der Waals surface area contributed by atoms with Gasteiger partial charge in [-0.15, -0.1) is 0 Å². The molecule has 0 spiro atoms. The first-order chi connectivity index (χ1) is 7.43. The second-order valence-electron chi connectivity index (χ2n) is 3.26. The van der Waals surface area contributed by atoms with Gasteiger partial charge >= 0.3 is 0 Å². The van der Waals surface area contributed by atoms with Crippen LogP contribution in [0.25, 0.3) is 22.3 Å². The van der Waals surface area contributed by atoms with Crippen LogP contribution in [0.2, 0.25) is 0 Å². The van der Waals surface area contributed by atoms with Gasteiger partial charge in [0, 0.05) is 22.5 Å². The van der Waals surface area contributed by atoms with Crippen LogP contribution in [-0.2, 0) is 0 Å². The van der Waals surface area contributed by atoms with Crippen LogP contribution in [0.1, 0.15) is 0 Å². The Morgan fingerprint density at radius 2 is 2.07 bits per heavy atom. The molecule has 0 saturated heterocycles. The zero-order valence-corrected chi connectivity index (χ0v) is 8.74. The smallest absolute Gasteiger partial charge is 0.159 e. The SMILES string of the molecule is c1cnc2nc(-c3ccsc3)ccc2c1. The Hall–Kier alpha value is -1.74. The van der Waals surface area contributed by atoms with Gasteiger partial charge in [0.15, 0.2) is 5.65 Å². The molecule has 0 bridgehead atoms. The third-order valence-corrected chi connectivity index (χ3v) is 2.96. The summed E-state index contributed by atoms with van der Waals surface area (Å²) in [7, 11) is 0. The molecule has 0 amide bonds. The molecule has 72 valence electrons. The van der Waals surface area contributed by atoms with Crippen LogP contribution in [0.3, 0.4) is 0 Å². The summed E-state index contributed by atoms with van der Waals surface area (Å²) in [6.45, 7) is 0. The van der Waals surface area contributed by atoms with Crippen molar-refractivity contribution >= 4 is 22.4 Å². The molecule has 3 aromatic rings. The maximum atomic E-state index is 4.51. The van der Waals surface area contributed by atoms with E-state index in [1.54, 1.807) is 17.5 Å². The quantitative estimate of drug-likeness (QED) is 0.618. The van der Waals surface area contributed by atoms with Crippen LogP contribution in [0.5, 0.6) is 0 Å². The molecule has 0 radical (unpaired) electrons. The largest absolute Gasteiger partial charge is 0.237 e. The topological polar surface area (TPSA) is 25.8 Å². The van der Waals surface area contributed by atoms with Crippen LogP contribution in [0.15, 0.2) is 47.3 Å². The van der Waals surface area contributed by atoms with Gasteiger partial charge in [-0.1, -0.05) is 0 Å². The van der Waals surface area contributed by atoms with Crippen molar-refractivity contribution in [1.29, 1.82) is 0 Å². The van der Waals surface area contributed by atoms with Crippen molar-refractivity contribution in [1.82, 2.24) is 9.97 Å². The van der Waals surface area contributed by atoms with Crippen molar-refractivity contribution in [2.75, 3.05) is 0 Å². The molecule has 3 aromatic heterocycles. The summed E-state index contributed by atoms with van der Waals surface area (Å²) in [6, 6.07) is 10.1. The highest BCUT2D eigenvalue weighted by molar-refractivity contribution is 7.08. The minimum atomic E-state index is 0.807. The first-order valence-electron chi connectivity index (χ1n) is 4.68. The molecule has 0 N–H and O–H groups in total. The Bertz CT molecular complexity index is 587. The van der Waals surface area contributed by atoms with Crippen molar-refractivity contribution in [3.8, 4) is 11.3 Å². The Balaban J connectivity index is 2.22. The Labute approximate surface area is 91.2 Å². The van der Waals surface area contributed by atoms with Crippen LogP contribution in [0, 0.1) is 0 Å². The van der Waals surface area contributed by atoms with E-state index in [9.17, 15) is 0 Å². The predicted molar refractivity (Wildman–Crippen MR) is 62.9 cm³/mol. The lowest BCUT2D eigenvalue weighted by molar-refractivity contribution is 1.29. The fourth-order valence-electron chi connectivity index (χ4n) is 1.52. The molecule has 0 unspecified atom stereocenters. The number of rotatable bonds is 1. The van der Waals surface area contributed by atoms with Gasteiger partial charge in [-0.25, -0.2) is 9.97 Å². The average Bonchev–Trinajstić information content (AvgIpc) is 2.82. The van der Waals surface area contributed by atoms with E-state index >= 15 is 0 Å². The minimum absolute atomic E-state index is 0.807. The van der Waals surface area contributed by atoms with Gasteiger partial charge in [0.2, 0.25) is 0 Å². The van der Waals surface area contributed by atoms with Crippen LogP contribution in [-0.4, -0.2) is 9.97 Å². The Kier molecular flexibility index (Phi) is 1.96. The van der Waals surface area contributed by atoms with E-state index < -0.39 is 0 Å². The van der Waals surface area contributed by atoms with Crippen molar-refractivity contribution in [3.63, 3.8) is 0 Å². The molecule has 0 fully saturated rings. The second kappa shape index (κ2) is 3.44. The summed E-state index contributed by atoms with van der Waals surface area (Å²) in [6.07, 6.45) is 1.77. The molecule has 0 aliphatic carbocycles.